The molecule has 1 aliphatic rings. The van der Waals surface area contributed by atoms with E-state index < -0.39 is 6.10 Å². The van der Waals surface area contributed by atoms with Crippen molar-refractivity contribution in [1.29, 1.82) is 0 Å². The quantitative estimate of drug-likeness (QED) is 0.853. The summed E-state index contributed by atoms with van der Waals surface area (Å²) < 4.78 is 12.8. The Morgan fingerprint density at radius 3 is 2.71 bits per heavy atom. The first-order valence-corrected chi connectivity index (χ1v) is 5.83. The van der Waals surface area contributed by atoms with Gasteiger partial charge in [-0.1, -0.05) is 12.1 Å². The third-order valence-corrected chi connectivity index (χ3v) is 3.26. The van der Waals surface area contributed by atoms with Crippen LogP contribution in [0.25, 0.3) is 0 Å². The second-order valence-electron chi connectivity index (χ2n) is 4.42. The predicted octanol–water partition coefficient (Wildman–Crippen LogP) is 1.87. The maximum atomic E-state index is 12.8. The van der Waals surface area contributed by atoms with Crippen LogP contribution in [0.2, 0.25) is 0 Å². The van der Waals surface area contributed by atoms with Crippen LogP contribution in [0.1, 0.15) is 31.4 Å². The minimum absolute atomic E-state index is 0.127. The zero-order valence-corrected chi connectivity index (χ0v) is 9.77. The number of carbonyl (C=O) groups excluding carboxylic acids is 1. The summed E-state index contributed by atoms with van der Waals surface area (Å²) in [6, 6.07) is 5.99. The van der Waals surface area contributed by atoms with Crippen LogP contribution in [-0.2, 0) is 4.79 Å². The maximum absolute atomic E-state index is 12.8. The maximum Gasteiger partial charge on any atom is 0.251 e. The number of hydrogen-bond donors (Lipinski definition) is 1. The van der Waals surface area contributed by atoms with Crippen LogP contribution in [-0.4, -0.2) is 28.6 Å². The molecule has 0 saturated carbocycles. The lowest BCUT2D eigenvalue weighted by Crippen LogP contribution is -2.45. The molecule has 2 atom stereocenters. The van der Waals surface area contributed by atoms with Crippen molar-refractivity contribution in [1.82, 2.24) is 4.90 Å². The normalized spacial score (nSPS) is 22.6. The SMILES string of the molecule is C[C@H](c1ccc(F)cc1)N1CCC[C@@H](O)C1=O. The van der Waals surface area contributed by atoms with Crippen LogP contribution in [0.3, 0.4) is 0 Å². The summed E-state index contributed by atoms with van der Waals surface area (Å²) in [7, 11) is 0. The zero-order valence-electron chi connectivity index (χ0n) is 9.77. The molecule has 1 aromatic rings. The third kappa shape index (κ3) is 2.47. The Labute approximate surface area is 99.9 Å². The summed E-state index contributed by atoms with van der Waals surface area (Å²) in [5.41, 5.74) is 0.883. The number of benzene rings is 1. The highest BCUT2D eigenvalue weighted by atomic mass is 19.1. The van der Waals surface area contributed by atoms with Gasteiger partial charge in [-0.2, -0.15) is 0 Å². The molecule has 0 radical (unpaired) electrons. The van der Waals surface area contributed by atoms with Crippen molar-refractivity contribution in [3.05, 3.63) is 35.6 Å². The second kappa shape index (κ2) is 4.84. The molecule has 3 nitrogen and oxygen atoms in total. The predicted molar refractivity (Wildman–Crippen MR) is 61.8 cm³/mol. The highest BCUT2D eigenvalue weighted by Crippen LogP contribution is 2.25. The lowest BCUT2D eigenvalue weighted by molar-refractivity contribution is -0.146. The van der Waals surface area contributed by atoms with E-state index in [0.717, 1.165) is 12.0 Å². The fourth-order valence-electron chi connectivity index (χ4n) is 2.19. The molecule has 0 bridgehead atoms. The standard InChI is InChI=1S/C13H16FNO2/c1-9(10-4-6-11(14)7-5-10)15-8-2-3-12(16)13(15)17/h4-7,9,12,16H,2-3,8H2,1H3/t9-,12-/m1/s1. The first-order chi connectivity index (χ1) is 8.09. The van der Waals surface area contributed by atoms with E-state index in [1.165, 1.54) is 12.1 Å². The largest absolute Gasteiger partial charge is 0.383 e. The number of nitrogens with zero attached hydrogens (tertiary/aromatic N) is 1. The number of aliphatic hydroxyl groups is 1. The van der Waals surface area contributed by atoms with Gasteiger partial charge in [-0.05, 0) is 37.5 Å². The molecule has 0 spiro atoms. The van der Waals surface area contributed by atoms with E-state index in [4.69, 9.17) is 0 Å². The minimum Gasteiger partial charge on any atom is -0.383 e. The molecular formula is C13H16FNO2. The first-order valence-electron chi connectivity index (χ1n) is 5.83. The summed E-state index contributed by atoms with van der Waals surface area (Å²) >= 11 is 0. The molecule has 1 aliphatic heterocycles. The topological polar surface area (TPSA) is 40.5 Å². The van der Waals surface area contributed by atoms with Crippen molar-refractivity contribution in [2.24, 2.45) is 0 Å². The number of amides is 1. The van der Waals surface area contributed by atoms with Gasteiger partial charge in [0.2, 0.25) is 0 Å². The van der Waals surface area contributed by atoms with Crippen LogP contribution in [0.15, 0.2) is 24.3 Å². The molecule has 4 heteroatoms. The fourth-order valence-corrected chi connectivity index (χ4v) is 2.19. The van der Waals surface area contributed by atoms with Crippen LogP contribution >= 0.6 is 0 Å². The van der Waals surface area contributed by atoms with Gasteiger partial charge in [0.05, 0.1) is 6.04 Å². The summed E-state index contributed by atoms with van der Waals surface area (Å²) in [6.45, 7) is 2.54. The Morgan fingerprint density at radius 1 is 1.41 bits per heavy atom. The van der Waals surface area contributed by atoms with E-state index in [1.54, 1.807) is 17.0 Å². The number of hydrogen-bond acceptors (Lipinski definition) is 2. The van der Waals surface area contributed by atoms with Crippen molar-refractivity contribution < 1.29 is 14.3 Å². The number of halogens is 1. The van der Waals surface area contributed by atoms with Gasteiger partial charge in [0.25, 0.3) is 5.91 Å². The monoisotopic (exact) mass is 237 g/mol. The fraction of sp³-hybridized carbons (Fsp3) is 0.462. The summed E-state index contributed by atoms with van der Waals surface area (Å²) in [5.74, 6) is -0.515. The lowest BCUT2D eigenvalue weighted by atomic mass is 10.0. The van der Waals surface area contributed by atoms with Crippen molar-refractivity contribution >= 4 is 5.91 Å². The molecule has 0 aliphatic carbocycles. The number of piperidine rings is 1. The van der Waals surface area contributed by atoms with E-state index in [9.17, 15) is 14.3 Å². The first kappa shape index (κ1) is 12.0. The summed E-state index contributed by atoms with van der Waals surface area (Å²) in [6.07, 6.45) is 0.454. The van der Waals surface area contributed by atoms with Gasteiger partial charge in [0.15, 0.2) is 0 Å². The van der Waals surface area contributed by atoms with Gasteiger partial charge in [0, 0.05) is 6.54 Å². The smallest absolute Gasteiger partial charge is 0.251 e. The van der Waals surface area contributed by atoms with Crippen LogP contribution in [0.5, 0.6) is 0 Å². The van der Waals surface area contributed by atoms with E-state index in [0.29, 0.717) is 13.0 Å². The highest BCUT2D eigenvalue weighted by molar-refractivity contribution is 5.81. The average Bonchev–Trinajstić information content (AvgIpc) is 2.33. The lowest BCUT2D eigenvalue weighted by Gasteiger charge is -2.35. The molecule has 1 N–H and O–H groups in total. The van der Waals surface area contributed by atoms with Gasteiger partial charge >= 0.3 is 0 Å². The van der Waals surface area contributed by atoms with Gasteiger partial charge in [-0.3, -0.25) is 4.79 Å². The molecule has 17 heavy (non-hydrogen) atoms. The van der Waals surface area contributed by atoms with Crippen LogP contribution in [0, 0.1) is 5.82 Å². The molecule has 1 heterocycles. The molecule has 0 aromatic heterocycles. The van der Waals surface area contributed by atoms with Crippen molar-refractivity contribution in [2.75, 3.05) is 6.54 Å². The van der Waals surface area contributed by atoms with E-state index >= 15 is 0 Å². The highest BCUT2D eigenvalue weighted by Gasteiger charge is 2.30. The Kier molecular flexibility index (Phi) is 3.43. The Balaban J connectivity index is 2.16. The number of likely N-dealkylation sites (tertiary alicyclic amines) is 1. The van der Waals surface area contributed by atoms with Crippen molar-refractivity contribution in [3.8, 4) is 0 Å². The van der Waals surface area contributed by atoms with Crippen LogP contribution < -0.4 is 0 Å². The van der Waals surface area contributed by atoms with E-state index in [-0.39, 0.29) is 17.8 Å². The third-order valence-electron chi connectivity index (χ3n) is 3.26. The van der Waals surface area contributed by atoms with Gasteiger partial charge in [-0.25, -0.2) is 4.39 Å². The summed E-state index contributed by atoms with van der Waals surface area (Å²) in [4.78, 5) is 13.5. The molecule has 1 saturated heterocycles. The molecule has 1 aromatic carbocycles. The molecule has 0 unspecified atom stereocenters. The Bertz CT molecular complexity index is 404. The molecule has 2 rings (SSSR count). The molecule has 92 valence electrons. The summed E-state index contributed by atoms with van der Waals surface area (Å²) in [5, 5.41) is 9.54. The minimum atomic E-state index is -0.883. The second-order valence-corrected chi connectivity index (χ2v) is 4.42. The van der Waals surface area contributed by atoms with Gasteiger partial charge < -0.3 is 10.0 Å². The van der Waals surface area contributed by atoms with Gasteiger partial charge in [0.1, 0.15) is 11.9 Å². The molecule has 1 amide bonds. The average molecular weight is 237 g/mol. The number of rotatable bonds is 2. The van der Waals surface area contributed by atoms with Crippen molar-refractivity contribution in [2.45, 2.75) is 31.9 Å². The van der Waals surface area contributed by atoms with Crippen molar-refractivity contribution in [3.63, 3.8) is 0 Å². The van der Waals surface area contributed by atoms with E-state index in [2.05, 4.69) is 0 Å². The number of aliphatic hydroxyl groups excluding tert-OH is 1. The Morgan fingerprint density at radius 2 is 2.06 bits per heavy atom. The van der Waals surface area contributed by atoms with Crippen LogP contribution in [0.4, 0.5) is 4.39 Å². The molecule has 1 fully saturated rings. The zero-order chi connectivity index (χ0) is 12.4. The Hall–Kier alpha value is -1.42. The van der Waals surface area contributed by atoms with Gasteiger partial charge in [-0.15, -0.1) is 0 Å². The number of carbonyl (C=O) groups is 1. The molecular weight excluding hydrogens is 221 g/mol. The van der Waals surface area contributed by atoms with E-state index in [1.807, 2.05) is 6.92 Å².